The van der Waals surface area contributed by atoms with Gasteiger partial charge < -0.3 is 4.90 Å². The fourth-order valence-electron chi connectivity index (χ4n) is 3.54. The number of aryl methyl sites for hydroxylation is 1. The van der Waals surface area contributed by atoms with Gasteiger partial charge in [-0.25, -0.2) is 0 Å². The van der Waals surface area contributed by atoms with Crippen LogP contribution in [0.4, 0.5) is 26.3 Å². The van der Waals surface area contributed by atoms with E-state index in [9.17, 15) is 31.1 Å². The second-order valence-corrected chi connectivity index (χ2v) is 7.95. The highest BCUT2D eigenvalue weighted by molar-refractivity contribution is 6.31. The van der Waals surface area contributed by atoms with E-state index in [0.717, 1.165) is 16.8 Å². The zero-order chi connectivity index (χ0) is 23.7. The molecule has 1 saturated heterocycles. The molecule has 2 aromatic rings. The predicted molar refractivity (Wildman–Crippen MR) is 105 cm³/mol. The molecular weight excluding hydrogens is 462 g/mol. The third-order valence-electron chi connectivity index (χ3n) is 5.32. The second kappa shape index (κ2) is 9.30. The number of halogens is 7. The minimum absolute atomic E-state index is 0.0368. The van der Waals surface area contributed by atoms with Gasteiger partial charge in [-0.2, -0.15) is 31.4 Å². The molecular formula is C20H21ClF6N4O. The summed E-state index contributed by atoms with van der Waals surface area (Å²) in [6, 6.07) is 5.13. The van der Waals surface area contributed by atoms with Crippen LogP contribution >= 0.6 is 11.6 Å². The molecule has 2 heterocycles. The lowest BCUT2D eigenvalue weighted by atomic mass is 10.1. The zero-order valence-electron chi connectivity index (χ0n) is 17.1. The van der Waals surface area contributed by atoms with Crippen LogP contribution in [0, 0.1) is 6.92 Å². The van der Waals surface area contributed by atoms with Gasteiger partial charge in [-0.15, -0.1) is 0 Å². The molecule has 0 saturated carbocycles. The number of hydrogen-bond acceptors (Lipinski definition) is 3. The summed E-state index contributed by atoms with van der Waals surface area (Å²) in [5.74, 6) is -0.233. The maximum absolute atomic E-state index is 12.9. The summed E-state index contributed by atoms with van der Waals surface area (Å²) in [5, 5.41) is 3.00. The molecule has 1 aliphatic heterocycles. The van der Waals surface area contributed by atoms with E-state index in [1.807, 2.05) is 4.90 Å². The number of rotatable bonds is 5. The summed E-state index contributed by atoms with van der Waals surface area (Å²) in [6.07, 6.45) is -9.12. The average Bonchev–Trinajstić information content (AvgIpc) is 3.01. The van der Waals surface area contributed by atoms with Crippen LogP contribution in [0.25, 0.3) is 0 Å². The van der Waals surface area contributed by atoms with Gasteiger partial charge in [0.05, 0.1) is 22.8 Å². The van der Waals surface area contributed by atoms with Crippen molar-refractivity contribution in [3.63, 3.8) is 0 Å². The number of hydrogen-bond donors (Lipinski definition) is 0. The Bertz CT molecular complexity index is 964. The van der Waals surface area contributed by atoms with Crippen LogP contribution in [0.5, 0.6) is 0 Å². The van der Waals surface area contributed by atoms with Gasteiger partial charge in [-0.05, 0) is 18.6 Å². The highest BCUT2D eigenvalue weighted by Gasteiger charge is 2.38. The van der Waals surface area contributed by atoms with Crippen LogP contribution in [-0.2, 0) is 30.2 Å². The van der Waals surface area contributed by atoms with Crippen molar-refractivity contribution in [3.05, 3.63) is 51.8 Å². The summed E-state index contributed by atoms with van der Waals surface area (Å²) < 4.78 is 78.4. The Labute approximate surface area is 185 Å². The molecule has 0 spiro atoms. The van der Waals surface area contributed by atoms with Crippen molar-refractivity contribution in [2.75, 3.05) is 26.2 Å². The number of carbonyl (C=O) groups excluding carboxylic acids is 1. The lowest BCUT2D eigenvalue weighted by molar-refractivity contribution is -0.141. The number of benzene rings is 1. The molecule has 0 N–H and O–H groups in total. The Morgan fingerprint density at radius 1 is 1.06 bits per heavy atom. The van der Waals surface area contributed by atoms with Crippen LogP contribution < -0.4 is 0 Å². The van der Waals surface area contributed by atoms with Crippen LogP contribution in [0.3, 0.4) is 0 Å². The molecule has 3 rings (SSSR count). The fourth-order valence-corrected chi connectivity index (χ4v) is 3.78. The van der Waals surface area contributed by atoms with Crippen molar-refractivity contribution in [1.82, 2.24) is 19.6 Å². The topological polar surface area (TPSA) is 41.4 Å². The molecule has 1 fully saturated rings. The van der Waals surface area contributed by atoms with Gasteiger partial charge in [-0.1, -0.05) is 29.8 Å². The molecule has 1 aromatic heterocycles. The molecule has 0 bridgehead atoms. The van der Waals surface area contributed by atoms with Gasteiger partial charge in [0.1, 0.15) is 0 Å². The number of aromatic nitrogens is 2. The van der Waals surface area contributed by atoms with Crippen molar-refractivity contribution < 1.29 is 31.1 Å². The Balaban J connectivity index is 1.51. The summed E-state index contributed by atoms with van der Waals surface area (Å²) in [7, 11) is 0. The van der Waals surface area contributed by atoms with Gasteiger partial charge in [-0.3, -0.25) is 14.4 Å². The van der Waals surface area contributed by atoms with E-state index in [4.69, 9.17) is 11.6 Å². The van der Waals surface area contributed by atoms with Crippen molar-refractivity contribution in [2.24, 2.45) is 0 Å². The number of carbonyl (C=O) groups is 1. The van der Waals surface area contributed by atoms with E-state index >= 15 is 0 Å². The summed E-state index contributed by atoms with van der Waals surface area (Å²) in [5.41, 5.74) is -1.21. The van der Waals surface area contributed by atoms with Crippen LogP contribution in [-0.4, -0.2) is 51.7 Å². The lowest BCUT2D eigenvalue weighted by Crippen LogP contribution is -2.48. The quantitative estimate of drug-likeness (QED) is 0.584. The number of alkyl halides is 6. The van der Waals surface area contributed by atoms with Crippen molar-refractivity contribution in [2.45, 2.75) is 38.8 Å². The Morgan fingerprint density at radius 3 is 2.28 bits per heavy atom. The molecule has 176 valence electrons. The summed E-state index contributed by atoms with van der Waals surface area (Å²) in [6.45, 7) is 3.41. The minimum Gasteiger partial charge on any atom is -0.340 e. The van der Waals surface area contributed by atoms with E-state index in [2.05, 4.69) is 5.10 Å². The third kappa shape index (κ3) is 5.74. The van der Waals surface area contributed by atoms with Crippen LogP contribution in [0.15, 0.2) is 24.3 Å². The maximum atomic E-state index is 12.9. The first-order chi connectivity index (χ1) is 14.9. The second-order valence-electron chi connectivity index (χ2n) is 7.57. The molecule has 1 aliphatic rings. The molecule has 32 heavy (non-hydrogen) atoms. The van der Waals surface area contributed by atoms with E-state index in [-0.39, 0.29) is 24.6 Å². The molecule has 1 amide bonds. The Kier molecular flexibility index (Phi) is 7.09. The molecule has 0 radical (unpaired) electrons. The highest BCUT2D eigenvalue weighted by atomic mass is 35.5. The summed E-state index contributed by atoms with van der Waals surface area (Å²) in [4.78, 5) is 16.0. The molecule has 0 unspecified atom stereocenters. The fraction of sp³-hybridized carbons (Fsp3) is 0.500. The molecule has 5 nitrogen and oxygen atoms in total. The molecule has 12 heteroatoms. The molecule has 0 aliphatic carbocycles. The highest BCUT2D eigenvalue weighted by Crippen LogP contribution is 2.35. The van der Waals surface area contributed by atoms with E-state index in [1.54, 1.807) is 11.0 Å². The van der Waals surface area contributed by atoms with Crippen molar-refractivity contribution in [1.29, 1.82) is 0 Å². The largest absolute Gasteiger partial charge is 0.436 e. The average molecular weight is 483 g/mol. The third-order valence-corrected chi connectivity index (χ3v) is 5.78. The van der Waals surface area contributed by atoms with Crippen molar-refractivity contribution >= 4 is 17.5 Å². The molecule has 1 aromatic carbocycles. The standard InChI is InChI=1S/C20H21ClF6N4O/c1-13-17(21)18(20(25,26)27)28-31(13)6-5-16(32)30-9-7-29(8-10-30)12-14-3-2-4-15(11-14)19(22,23)24/h2-4,11H,5-10,12H2,1H3. The number of amides is 1. The van der Waals surface area contributed by atoms with Gasteiger partial charge in [0.2, 0.25) is 5.91 Å². The monoisotopic (exact) mass is 482 g/mol. The SMILES string of the molecule is Cc1c(Cl)c(C(F)(F)F)nn1CCC(=O)N1CCN(Cc2cccc(C(F)(F)F)c2)CC1. The number of nitrogens with zero attached hydrogens (tertiary/aromatic N) is 4. The maximum Gasteiger partial charge on any atom is 0.436 e. The van der Waals surface area contributed by atoms with Gasteiger partial charge in [0.15, 0.2) is 5.69 Å². The normalized spacial score (nSPS) is 15.9. The molecule has 0 atom stereocenters. The van der Waals surface area contributed by atoms with Gasteiger partial charge in [0, 0.05) is 39.1 Å². The lowest BCUT2D eigenvalue weighted by Gasteiger charge is -2.35. The van der Waals surface area contributed by atoms with E-state index in [1.165, 1.54) is 13.0 Å². The zero-order valence-corrected chi connectivity index (χ0v) is 17.9. The van der Waals surface area contributed by atoms with E-state index in [0.29, 0.717) is 38.3 Å². The Morgan fingerprint density at radius 2 is 1.72 bits per heavy atom. The first-order valence-corrected chi connectivity index (χ1v) is 10.2. The van der Waals surface area contributed by atoms with Gasteiger partial charge >= 0.3 is 12.4 Å². The van der Waals surface area contributed by atoms with E-state index < -0.39 is 28.6 Å². The number of piperazine rings is 1. The first-order valence-electron chi connectivity index (χ1n) is 9.82. The van der Waals surface area contributed by atoms with Gasteiger partial charge in [0.25, 0.3) is 0 Å². The van der Waals surface area contributed by atoms with Crippen molar-refractivity contribution in [3.8, 4) is 0 Å². The summed E-state index contributed by atoms with van der Waals surface area (Å²) >= 11 is 5.71. The first kappa shape index (κ1) is 24.4. The minimum atomic E-state index is -4.67. The van der Waals surface area contributed by atoms with Crippen LogP contribution in [0.2, 0.25) is 5.02 Å². The smallest absolute Gasteiger partial charge is 0.340 e. The predicted octanol–water partition coefficient (Wildman–Crippen LogP) is 4.62. The van der Waals surface area contributed by atoms with Crippen LogP contribution in [0.1, 0.15) is 28.9 Å². The Hall–Kier alpha value is -2.27.